The topological polar surface area (TPSA) is 126 Å². The summed E-state index contributed by atoms with van der Waals surface area (Å²) >= 11 is 0. The van der Waals surface area contributed by atoms with Gasteiger partial charge in [-0.05, 0) is 31.0 Å². The van der Waals surface area contributed by atoms with Gasteiger partial charge >= 0.3 is 18.3 Å². The second-order valence-electron chi connectivity index (χ2n) is 9.78. The standard InChI is InChI=1S/C27H22F6N4O5/c28-26(29,30)18-11-15(19(38)13-37-10-4-7-16(12-37)25(39)40)8-9-17(18)23-34-24(42-36-23)22-20(27(31,32)33)21(35-41-22)14-5-2-1-3-6-14/h1-3,5-6,8-9,11,16,19,38H,4,7,10,12-13H2,(H,39,40)/t16-,19?/m0/s1. The molecule has 42 heavy (non-hydrogen) atoms. The lowest BCUT2D eigenvalue weighted by atomic mass is 9.96. The van der Waals surface area contributed by atoms with Gasteiger partial charge in [0.1, 0.15) is 11.3 Å². The fourth-order valence-corrected chi connectivity index (χ4v) is 4.89. The molecule has 2 N–H and O–H groups in total. The van der Waals surface area contributed by atoms with Crippen LogP contribution < -0.4 is 0 Å². The zero-order valence-electron chi connectivity index (χ0n) is 21.5. The Kier molecular flexibility index (Phi) is 7.81. The molecule has 2 aromatic carbocycles. The minimum atomic E-state index is -4.98. The van der Waals surface area contributed by atoms with Gasteiger partial charge in [0.25, 0.3) is 5.89 Å². The number of alkyl halides is 6. The number of aromatic nitrogens is 3. The van der Waals surface area contributed by atoms with E-state index < -0.39 is 70.2 Å². The van der Waals surface area contributed by atoms with Gasteiger partial charge in [0, 0.05) is 24.2 Å². The molecule has 1 aliphatic rings. The van der Waals surface area contributed by atoms with E-state index in [4.69, 9.17) is 9.05 Å². The number of β-amino-alcohol motifs (C(OH)–C–C–N with tert-alkyl or cyclic N) is 1. The first kappa shape index (κ1) is 29.3. The highest BCUT2D eigenvalue weighted by Gasteiger charge is 2.43. The van der Waals surface area contributed by atoms with Gasteiger partial charge in [0.2, 0.25) is 11.6 Å². The molecule has 222 valence electrons. The summed E-state index contributed by atoms with van der Waals surface area (Å²) in [5, 5.41) is 26.9. The van der Waals surface area contributed by atoms with Crippen molar-refractivity contribution in [3.8, 4) is 34.3 Å². The number of carboxylic acids is 1. The maximum Gasteiger partial charge on any atom is 0.422 e. The van der Waals surface area contributed by atoms with Crippen LogP contribution in [0.15, 0.2) is 57.6 Å². The number of halogens is 6. The molecule has 5 rings (SSSR count). The van der Waals surface area contributed by atoms with E-state index in [1.54, 1.807) is 11.0 Å². The highest BCUT2D eigenvalue weighted by Crippen LogP contribution is 2.44. The summed E-state index contributed by atoms with van der Waals surface area (Å²) in [6.07, 6.45) is -10.3. The number of hydrogen-bond acceptors (Lipinski definition) is 8. The van der Waals surface area contributed by atoms with Crippen molar-refractivity contribution in [3.63, 3.8) is 0 Å². The average molecular weight is 596 g/mol. The highest BCUT2D eigenvalue weighted by atomic mass is 19.4. The summed E-state index contributed by atoms with van der Waals surface area (Å²) in [5.74, 6) is -4.08. The van der Waals surface area contributed by atoms with Crippen LogP contribution in [0.2, 0.25) is 0 Å². The molecular weight excluding hydrogens is 574 g/mol. The molecular formula is C27H22F6N4O5. The number of aliphatic hydroxyl groups is 1. The first-order chi connectivity index (χ1) is 19.8. The number of likely N-dealkylation sites (tertiary alicyclic amines) is 1. The van der Waals surface area contributed by atoms with Crippen molar-refractivity contribution in [3.05, 3.63) is 65.2 Å². The van der Waals surface area contributed by atoms with Crippen LogP contribution in [0.3, 0.4) is 0 Å². The van der Waals surface area contributed by atoms with Crippen molar-refractivity contribution >= 4 is 5.97 Å². The minimum absolute atomic E-state index is 0.0797. The van der Waals surface area contributed by atoms with Gasteiger partial charge in [-0.15, -0.1) is 0 Å². The lowest BCUT2D eigenvalue weighted by molar-refractivity contribution is -0.144. The van der Waals surface area contributed by atoms with Gasteiger partial charge < -0.3 is 19.3 Å². The molecule has 1 aliphatic heterocycles. The number of piperidine rings is 1. The maximum atomic E-state index is 14.1. The predicted octanol–water partition coefficient (Wildman–Crippen LogP) is 5.93. The number of benzene rings is 2. The van der Waals surface area contributed by atoms with Crippen molar-refractivity contribution in [2.24, 2.45) is 5.92 Å². The molecule has 1 unspecified atom stereocenters. The Labute approximate surface area is 233 Å². The molecule has 1 saturated heterocycles. The predicted molar refractivity (Wildman–Crippen MR) is 132 cm³/mol. The molecule has 2 aromatic heterocycles. The maximum absolute atomic E-state index is 14.1. The van der Waals surface area contributed by atoms with Crippen molar-refractivity contribution in [1.29, 1.82) is 0 Å². The summed E-state index contributed by atoms with van der Waals surface area (Å²) < 4.78 is 94.1. The summed E-state index contributed by atoms with van der Waals surface area (Å²) in [6.45, 7) is 0.530. The Morgan fingerprint density at radius 3 is 2.43 bits per heavy atom. The van der Waals surface area contributed by atoms with Gasteiger partial charge in [0.05, 0.1) is 17.6 Å². The third kappa shape index (κ3) is 6.01. The molecule has 0 spiro atoms. The summed E-state index contributed by atoms with van der Waals surface area (Å²) in [6, 6.07) is 10.2. The molecule has 3 heterocycles. The SMILES string of the molecule is O=C(O)[C@H]1CCCN(CC(O)c2ccc(-c3noc(-c4onc(-c5ccccc5)c4C(F)(F)F)n3)c(C(F)(F)F)c2)C1. The lowest BCUT2D eigenvalue weighted by Crippen LogP contribution is -2.40. The Bertz CT molecular complexity index is 1570. The molecule has 0 saturated carbocycles. The number of hydrogen-bond donors (Lipinski definition) is 2. The summed E-state index contributed by atoms with van der Waals surface area (Å²) in [4.78, 5) is 16.7. The van der Waals surface area contributed by atoms with E-state index in [1.807, 2.05) is 0 Å². The fourth-order valence-electron chi connectivity index (χ4n) is 4.89. The van der Waals surface area contributed by atoms with Crippen molar-refractivity contribution in [2.75, 3.05) is 19.6 Å². The van der Waals surface area contributed by atoms with Crippen LogP contribution in [0.4, 0.5) is 26.3 Å². The third-order valence-corrected chi connectivity index (χ3v) is 6.90. The first-order valence-electron chi connectivity index (χ1n) is 12.6. The molecule has 4 aromatic rings. The van der Waals surface area contributed by atoms with Gasteiger partial charge in [-0.3, -0.25) is 9.69 Å². The second-order valence-corrected chi connectivity index (χ2v) is 9.78. The number of aliphatic carboxylic acids is 1. The van der Waals surface area contributed by atoms with Crippen molar-refractivity contribution in [1.82, 2.24) is 20.2 Å². The quantitative estimate of drug-likeness (QED) is 0.250. The molecule has 0 radical (unpaired) electrons. The summed E-state index contributed by atoms with van der Waals surface area (Å²) in [5.41, 5.74) is -3.77. The van der Waals surface area contributed by atoms with Crippen LogP contribution >= 0.6 is 0 Å². The number of rotatable bonds is 7. The van der Waals surface area contributed by atoms with E-state index in [0.717, 1.165) is 6.07 Å². The van der Waals surface area contributed by atoms with E-state index in [9.17, 15) is 41.4 Å². The Hall–Kier alpha value is -4.24. The third-order valence-electron chi connectivity index (χ3n) is 6.90. The van der Waals surface area contributed by atoms with Gasteiger partial charge in [0.15, 0.2) is 0 Å². The normalized spacial score (nSPS) is 17.4. The van der Waals surface area contributed by atoms with Crippen molar-refractivity contribution < 1.29 is 50.4 Å². The largest absolute Gasteiger partial charge is 0.481 e. The van der Waals surface area contributed by atoms with E-state index >= 15 is 0 Å². The molecule has 15 heteroatoms. The van der Waals surface area contributed by atoms with Gasteiger partial charge in [-0.1, -0.05) is 52.8 Å². The smallest absolute Gasteiger partial charge is 0.422 e. The molecule has 0 aliphatic carbocycles. The van der Waals surface area contributed by atoms with Crippen LogP contribution in [-0.4, -0.2) is 56.0 Å². The molecule has 2 atom stereocenters. The zero-order chi connectivity index (χ0) is 30.2. The number of aliphatic hydroxyl groups excluding tert-OH is 1. The van der Waals surface area contributed by atoms with Crippen LogP contribution in [0.25, 0.3) is 34.3 Å². The Balaban J connectivity index is 1.46. The molecule has 0 amide bonds. The highest BCUT2D eigenvalue weighted by molar-refractivity contribution is 5.72. The van der Waals surface area contributed by atoms with E-state index in [1.165, 1.54) is 30.3 Å². The second kappa shape index (κ2) is 11.2. The fraction of sp³-hybridized carbons (Fsp3) is 0.333. The van der Waals surface area contributed by atoms with E-state index in [0.29, 0.717) is 25.5 Å². The molecule has 0 bridgehead atoms. The Morgan fingerprint density at radius 2 is 1.76 bits per heavy atom. The van der Waals surface area contributed by atoms with Crippen LogP contribution in [-0.2, 0) is 17.1 Å². The number of carbonyl (C=O) groups is 1. The summed E-state index contributed by atoms with van der Waals surface area (Å²) in [7, 11) is 0. The van der Waals surface area contributed by atoms with E-state index in [-0.39, 0.29) is 24.2 Å². The number of nitrogens with zero attached hydrogens (tertiary/aromatic N) is 4. The number of carboxylic acid groups (broad SMARTS) is 1. The monoisotopic (exact) mass is 596 g/mol. The van der Waals surface area contributed by atoms with Crippen molar-refractivity contribution in [2.45, 2.75) is 31.3 Å². The zero-order valence-corrected chi connectivity index (χ0v) is 21.5. The lowest BCUT2D eigenvalue weighted by Gasteiger charge is -2.32. The van der Waals surface area contributed by atoms with Gasteiger partial charge in [-0.25, -0.2) is 0 Å². The minimum Gasteiger partial charge on any atom is -0.481 e. The van der Waals surface area contributed by atoms with Crippen LogP contribution in [0, 0.1) is 5.92 Å². The molecule has 1 fully saturated rings. The van der Waals surface area contributed by atoms with Crippen LogP contribution in [0.1, 0.15) is 35.6 Å². The Morgan fingerprint density at radius 1 is 1.02 bits per heavy atom. The van der Waals surface area contributed by atoms with Crippen LogP contribution in [0.5, 0.6) is 0 Å². The van der Waals surface area contributed by atoms with E-state index in [2.05, 4.69) is 15.3 Å². The van der Waals surface area contributed by atoms with Gasteiger partial charge in [-0.2, -0.15) is 31.3 Å². The first-order valence-corrected chi connectivity index (χ1v) is 12.6. The average Bonchev–Trinajstić information content (AvgIpc) is 3.61. The molecule has 9 nitrogen and oxygen atoms in total.